The Bertz CT molecular complexity index is 77.7. The Labute approximate surface area is 93.9 Å². The van der Waals surface area contributed by atoms with Gasteiger partial charge in [-0.1, -0.05) is 45.2 Å². The molecular weight excluding hydrogens is 437 g/mol. The fraction of sp³-hybridized carbons (Fsp3) is 0.667. The van der Waals surface area contributed by atoms with E-state index in [4.69, 9.17) is 5.11 Å². The number of alkyl halides is 2. The van der Waals surface area contributed by atoms with Gasteiger partial charge in [0.2, 0.25) is 0 Å². The molecule has 5 heteroatoms. The molecule has 0 fully saturated rings. The monoisotopic (exact) mass is 444 g/mol. The molecule has 0 saturated carbocycles. The van der Waals surface area contributed by atoms with E-state index in [2.05, 4.69) is 0 Å². The average Bonchev–Trinajstić information content (AvgIpc) is 1.65. The SMILES string of the molecule is O=C(O)C(I)CI.[InH3]. The number of carbonyl (C=O) groups is 1. The third kappa shape index (κ3) is 5.93. The van der Waals surface area contributed by atoms with Gasteiger partial charge < -0.3 is 5.11 Å². The van der Waals surface area contributed by atoms with Gasteiger partial charge in [-0.05, 0) is 0 Å². The van der Waals surface area contributed by atoms with Crippen LogP contribution in [0.25, 0.3) is 0 Å². The Balaban J connectivity index is 0. The maximum atomic E-state index is 9.92. The van der Waals surface area contributed by atoms with Crippen LogP contribution in [0.1, 0.15) is 0 Å². The molecule has 0 saturated heterocycles. The van der Waals surface area contributed by atoms with Crippen LogP contribution in [-0.2, 0) is 4.79 Å². The Morgan fingerprint density at radius 1 is 1.75 bits per heavy atom. The Morgan fingerprint density at radius 3 is 2.12 bits per heavy atom. The van der Waals surface area contributed by atoms with Gasteiger partial charge in [0, 0.05) is 4.43 Å². The molecule has 0 aromatic rings. The second-order valence-electron chi connectivity index (χ2n) is 0.960. The van der Waals surface area contributed by atoms with E-state index in [1.165, 1.54) is 0 Å². The first-order chi connectivity index (χ1) is 3.18. The second kappa shape index (κ2) is 6.91. The van der Waals surface area contributed by atoms with E-state index >= 15 is 0 Å². The van der Waals surface area contributed by atoms with E-state index in [0.29, 0.717) is 4.43 Å². The van der Waals surface area contributed by atoms with Crippen molar-refractivity contribution in [2.75, 3.05) is 4.43 Å². The van der Waals surface area contributed by atoms with Crippen LogP contribution in [0.2, 0.25) is 0 Å². The molecule has 0 aliphatic carbocycles. The second-order valence-corrected chi connectivity index (χ2v) is 3.34. The third-order valence-corrected chi connectivity index (χ3v) is 3.94. The van der Waals surface area contributed by atoms with Crippen molar-refractivity contribution in [2.45, 2.75) is 3.92 Å². The molecule has 2 nitrogen and oxygen atoms in total. The number of hydrogen-bond donors (Lipinski definition) is 1. The van der Waals surface area contributed by atoms with E-state index < -0.39 is 5.97 Å². The summed E-state index contributed by atoms with van der Waals surface area (Å²) in [6.07, 6.45) is 0. The predicted octanol–water partition coefficient (Wildman–Crippen LogP) is 0.126. The number of rotatable bonds is 2. The molecule has 8 heavy (non-hydrogen) atoms. The molecular formula is C3H7I2InO2. The van der Waals surface area contributed by atoms with Crippen LogP contribution in [-0.4, -0.2) is 45.3 Å². The molecule has 0 aromatic heterocycles. The molecule has 0 aliphatic heterocycles. The quantitative estimate of drug-likeness (QED) is 0.487. The fourth-order valence-corrected chi connectivity index (χ4v) is 0.443. The van der Waals surface area contributed by atoms with Crippen LogP contribution in [0.5, 0.6) is 0 Å². The molecule has 1 atom stereocenters. The molecule has 1 N–H and O–H groups in total. The predicted molar refractivity (Wildman–Crippen MR) is 54.3 cm³/mol. The van der Waals surface area contributed by atoms with Gasteiger partial charge in [0.15, 0.2) is 0 Å². The normalized spacial score (nSPS) is 11.8. The van der Waals surface area contributed by atoms with E-state index in [-0.39, 0.29) is 29.8 Å². The maximum absolute atomic E-state index is 9.92. The average molecular weight is 444 g/mol. The molecule has 48 valence electrons. The summed E-state index contributed by atoms with van der Waals surface area (Å²) in [5.41, 5.74) is 0. The standard InChI is InChI=1S/C3H4I2O2.In.3H/c4-1-2(5)3(6)7;;;;/h2H,1H2,(H,6,7);;;;. The number of carboxylic acids is 1. The fourth-order valence-electron chi connectivity index (χ4n) is 0.0660. The summed E-state index contributed by atoms with van der Waals surface area (Å²) in [5.74, 6) is -0.727. The number of carboxylic acid groups (broad SMARTS) is 1. The molecule has 0 aromatic carbocycles. The Hall–Kier alpha value is 1.80. The molecule has 0 spiro atoms. The van der Waals surface area contributed by atoms with Crippen molar-refractivity contribution in [1.29, 1.82) is 0 Å². The molecule has 0 amide bonds. The summed E-state index contributed by atoms with van der Waals surface area (Å²) < 4.78 is 0.450. The molecule has 0 bridgehead atoms. The van der Waals surface area contributed by atoms with Gasteiger partial charge in [-0.25, -0.2) is 0 Å². The van der Waals surface area contributed by atoms with Crippen LogP contribution >= 0.6 is 45.2 Å². The van der Waals surface area contributed by atoms with Gasteiger partial charge in [0.05, 0.1) is 0 Å². The van der Waals surface area contributed by atoms with Gasteiger partial charge in [-0.2, -0.15) is 0 Å². The Kier molecular flexibility index (Phi) is 10.8. The van der Waals surface area contributed by atoms with Crippen molar-refractivity contribution < 1.29 is 9.90 Å². The zero-order valence-corrected chi connectivity index (χ0v) is 7.71. The minimum atomic E-state index is -0.727. The summed E-state index contributed by atoms with van der Waals surface area (Å²) in [6, 6.07) is 0. The van der Waals surface area contributed by atoms with Gasteiger partial charge in [-0.15, -0.1) is 0 Å². The van der Waals surface area contributed by atoms with Crippen molar-refractivity contribution in [3.63, 3.8) is 0 Å². The van der Waals surface area contributed by atoms with Crippen LogP contribution in [0, 0.1) is 0 Å². The first-order valence-electron chi connectivity index (χ1n) is 1.61. The van der Waals surface area contributed by atoms with Gasteiger partial charge in [0.25, 0.3) is 0 Å². The zero-order valence-electron chi connectivity index (χ0n) is 3.40. The Morgan fingerprint density at radius 2 is 2.12 bits per heavy atom. The van der Waals surface area contributed by atoms with E-state index in [1.54, 1.807) is 0 Å². The van der Waals surface area contributed by atoms with Crippen molar-refractivity contribution in [2.24, 2.45) is 0 Å². The summed E-state index contributed by atoms with van der Waals surface area (Å²) in [6.45, 7) is 0. The molecule has 0 radical (unpaired) electrons. The van der Waals surface area contributed by atoms with Gasteiger partial charge in [-0.3, -0.25) is 4.79 Å². The van der Waals surface area contributed by atoms with E-state index in [9.17, 15) is 4.79 Å². The molecule has 1 unspecified atom stereocenters. The van der Waals surface area contributed by atoms with Gasteiger partial charge >= 0.3 is 31.8 Å². The zero-order chi connectivity index (χ0) is 5.86. The number of halogens is 2. The molecule has 0 rings (SSSR count). The summed E-state index contributed by atoms with van der Waals surface area (Å²) >= 11 is 3.93. The van der Waals surface area contributed by atoms with Crippen molar-refractivity contribution in [3.8, 4) is 0 Å². The summed E-state index contributed by atoms with van der Waals surface area (Å²) in [4.78, 5) is 9.92. The number of hydrogen-bond acceptors (Lipinski definition) is 1. The van der Waals surface area contributed by atoms with Crippen molar-refractivity contribution in [1.82, 2.24) is 0 Å². The van der Waals surface area contributed by atoms with Gasteiger partial charge in [0.1, 0.15) is 3.92 Å². The van der Waals surface area contributed by atoms with Crippen molar-refractivity contribution in [3.05, 3.63) is 0 Å². The first-order valence-corrected chi connectivity index (χ1v) is 4.38. The molecule has 0 heterocycles. The van der Waals surface area contributed by atoms with Crippen LogP contribution in [0.15, 0.2) is 0 Å². The number of aliphatic carboxylic acids is 1. The molecule has 0 aliphatic rings. The van der Waals surface area contributed by atoms with Crippen LogP contribution in [0.4, 0.5) is 0 Å². The summed E-state index contributed by atoms with van der Waals surface area (Å²) in [7, 11) is 0. The topological polar surface area (TPSA) is 37.3 Å². The van der Waals surface area contributed by atoms with Crippen LogP contribution < -0.4 is 0 Å². The van der Waals surface area contributed by atoms with E-state index in [1.807, 2.05) is 45.2 Å². The van der Waals surface area contributed by atoms with Crippen molar-refractivity contribution >= 4 is 77.0 Å². The summed E-state index contributed by atoms with van der Waals surface area (Å²) in [5, 5.41) is 8.17. The third-order valence-electron chi connectivity index (χ3n) is 0.403. The van der Waals surface area contributed by atoms with Crippen LogP contribution in [0.3, 0.4) is 0 Å². The first kappa shape index (κ1) is 12.5. The minimum absolute atomic E-state index is 0. The van der Waals surface area contributed by atoms with E-state index in [0.717, 1.165) is 0 Å².